The Kier molecular flexibility index (Phi) is 3.92. The van der Waals surface area contributed by atoms with Crippen LogP contribution in [-0.2, 0) is 4.74 Å². The molecule has 104 valence electrons. The first kappa shape index (κ1) is 12.9. The highest BCUT2D eigenvalue weighted by atomic mass is 16.5. The van der Waals surface area contributed by atoms with E-state index in [9.17, 15) is 0 Å². The first-order chi connectivity index (χ1) is 8.72. The lowest BCUT2D eigenvalue weighted by atomic mass is 9.88. The first-order valence-electron chi connectivity index (χ1n) is 7.74. The monoisotopic (exact) mass is 252 g/mol. The van der Waals surface area contributed by atoms with Crippen molar-refractivity contribution in [1.82, 2.24) is 4.90 Å². The molecule has 5 unspecified atom stereocenters. The summed E-state index contributed by atoms with van der Waals surface area (Å²) in [6.45, 7) is 4.12. The summed E-state index contributed by atoms with van der Waals surface area (Å²) in [5.41, 5.74) is 6.19. The Balaban J connectivity index is 1.45. The Bertz CT molecular complexity index is 280. The van der Waals surface area contributed by atoms with Gasteiger partial charge in [0, 0.05) is 31.7 Å². The molecule has 0 aromatic heterocycles. The highest BCUT2D eigenvalue weighted by Gasteiger charge is 2.39. The molecule has 1 aliphatic heterocycles. The van der Waals surface area contributed by atoms with Gasteiger partial charge >= 0.3 is 0 Å². The second-order valence-corrected chi connectivity index (χ2v) is 6.94. The fourth-order valence-electron chi connectivity index (χ4n) is 4.48. The van der Waals surface area contributed by atoms with Crippen LogP contribution < -0.4 is 5.73 Å². The van der Waals surface area contributed by atoms with Crippen LogP contribution in [0, 0.1) is 23.7 Å². The van der Waals surface area contributed by atoms with Crippen LogP contribution in [0.25, 0.3) is 0 Å². The normalized spacial score (nSPS) is 43.8. The number of ether oxygens (including phenoxy) is 1. The van der Waals surface area contributed by atoms with Crippen LogP contribution in [0.3, 0.4) is 0 Å². The topological polar surface area (TPSA) is 38.5 Å². The lowest BCUT2D eigenvalue weighted by Gasteiger charge is -2.34. The van der Waals surface area contributed by atoms with Gasteiger partial charge in [0.25, 0.3) is 0 Å². The summed E-state index contributed by atoms with van der Waals surface area (Å²) in [4.78, 5) is 2.52. The number of nitrogens with two attached hydrogens (primary N) is 1. The zero-order valence-electron chi connectivity index (χ0n) is 11.7. The Morgan fingerprint density at radius 3 is 2.61 bits per heavy atom. The van der Waals surface area contributed by atoms with Crippen molar-refractivity contribution in [3.63, 3.8) is 0 Å². The van der Waals surface area contributed by atoms with E-state index in [1.165, 1.54) is 32.2 Å². The Labute approximate surface area is 111 Å². The Hall–Kier alpha value is -0.120. The molecule has 2 bridgehead atoms. The summed E-state index contributed by atoms with van der Waals surface area (Å²) in [7, 11) is 2.27. The maximum absolute atomic E-state index is 6.19. The molecule has 5 atom stereocenters. The number of nitrogens with zero attached hydrogens (tertiary/aromatic N) is 1. The second-order valence-electron chi connectivity index (χ2n) is 6.94. The van der Waals surface area contributed by atoms with E-state index in [0.29, 0.717) is 12.0 Å². The summed E-state index contributed by atoms with van der Waals surface area (Å²) in [6.07, 6.45) is 7.04. The summed E-state index contributed by atoms with van der Waals surface area (Å²) < 4.78 is 5.57. The lowest BCUT2D eigenvalue weighted by molar-refractivity contribution is 0.0265. The van der Waals surface area contributed by atoms with Gasteiger partial charge in [0.1, 0.15) is 0 Å². The van der Waals surface area contributed by atoms with E-state index in [4.69, 9.17) is 10.5 Å². The molecule has 3 nitrogen and oxygen atoms in total. The van der Waals surface area contributed by atoms with Gasteiger partial charge in [-0.1, -0.05) is 6.42 Å². The van der Waals surface area contributed by atoms with E-state index in [1.807, 2.05) is 0 Å². The van der Waals surface area contributed by atoms with E-state index in [1.54, 1.807) is 0 Å². The molecule has 3 heteroatoms. The molecule has 3 rings (SSSR count). The van der Waals surface area contributed by atoms with Crippen LogP contribution in [0.4, 0.5) is 0 Å². The molecule has 0 aromatic carbocycles. The summed E-state index contributed by atoms with van der Waals surface area (Å²) in [5, 5.41) is 0. The van der Waals surface area contributed by atoms with Crippen LogP contribution in [-0.4, -0.2) is 44.3 Å². The van der Waals surface area contributed by atoms with E-state index >= 15 is 0 Å². The fraction of sp³-hybridized carbons (Fsp3) is 1.00. The van der Waals surface area contributed by atoms with Gasteiger partial charge < -0.3 is 15.4 Å². The minimum Gasteiger partial charge on any atom is -0.381 e. The Morgan fingerprint density at radius 1 is 1.11 bits per heavy atom. The zero-order chi connectivity index (χ0) is 12.5. The van der Waals surface area contributed by atoms with Crippen LogP contribution in [0.2, 0.25) is 0 Å². The number of hydrogen-bond donors (Lipinski definition) is 1. The van der Waals surface area contributed by atoms with Crippen molar-refractivity contribution in [1.29, 1.82) is 0 Å². The van der Waals surface area contributed by atoms with E-state index in [0.717, 1.165) is 43.9 Å². The van der Waals surface area contributed by atoms with Gasteiger partial charge in [-0.25, -0.2) is 0 Å². The van der Waals surface area contributed by atoms with Crippen LogP contribution in [0.1, 0.15) is 32.1 Å². The van der Waals surface area contributed by atoms with E-state index in [-0.39, 0.29) is 0 Å². The van der Waals surface area contributed by atoms with E-state index < -0.39 is 0 Å². The standard InChI is InChI=1S/C15H28N2O/c1-17(9-14-10-18-5-4-15(14)16)8-13-7-11-2-3-12(13)6-11/h11-15H,2-10,16H2,1H3. The van der Waals surface area contributed by atoms with Crippen molar-refractivity contribution in [2.75, 3.05) is 33.4 Å². The maximum atomic E-state index is 6.19. The van der Waals surface area contributed by atoms with E-state index in [2.05, 4.69) is 11.9 Å². The molecule has 18 heavy (non-hydrogen) atoms. The van der Waals surface area contributed by atoms with Gasteiger partial charge in [0.2, 0.25) is 0 Å². The Morgan fingerprint density at radius 2 is 1.94 bits per heavy atom. The number of fused-ring (bicyclic) bond motifs is 2. The van der Waals surface area contributed by atoms with Crippen LogP contribution in [0.5, 0.6) is 0 Å². The van der Waals surface area contributed by atoms with Crippen LogP contribution in [0.15, 0.2) is 0 Å². The predicted molar refractivity (Wildman–Crippen MR) is 73.3 cm³/mol. The van der Waals surface area contributed by atoms with Crippen molar-refractivity contribution in [3.05, 3.63) is 0 Å². The molecule has 0 amide bonds. The molecule has 1 saturated heterocycles. The van der Waals surface area contributed by atoms with Gasteiger partial charge in [-0.15, -0.1) is 0 Å². The minimum absolute atomic E-state index is 0.348. The molecular formula is C15H28N2O. The van der Waals surface area contributed by atoms with Gasteiger partial charge in [-0.05, 0) is 50.5 Å². The smallest absolute Gasteiger partial charge is 0.0521 e. The molecule has 2 saturated carbocycles. The molecule has 1 heterocycles. The third kappa shape index (κ3) is 2.73. The third-order valence-electron chi connectivity index (χ3n) is 5.51. The molecule has 2 aliphatic carbocycles. The maximum Gasteiger partial charge on any atom is 0.0521 e. The summed E-state index contributed by atoms with van der Waals surface area (Å²) in [5.74, 6) is 3.61. The van der Waals surface area contributed by atoms with Crippen molar-refractivity contribution in [2.24, 2.45) is 29.4 Å². The van der Waals surface area contributed by atoms with Crippen molar-refractivity contribution >= 4 is 0 Å². The molecule has 3 fully saturated rings. The fourth-order valence-corrected chi connectivity index (χ4v) is 4.48. The molecule has 0 radical (unpaired) electrons. The minimum atomic E-state index is 0.348. The van der Waals surface area contributed by atoms with Crippen molar-refractivity contribution < 1.29 is 4.74 Å². The largest absolute Gasteiger partial charge is 0.381 e. The van der Waals surface area contributed by atoms with Gasteiger partial charge in [0.05, 0.1) is 6.61 Å². The second kappa shape index (κ2) is 5.48. The zero-order valence-corrected chi connectivity index (χ0v) is 11.7. The highest BCUT2D eigenvalue weighted by molar-refractivity contribution is 4.91. The lowest BCUT2D eigenvalue weighted by Crippen LogP contribution is -2.45. The molecule has 0 spiro atoms. The third-order valence-corrected chi connectivity index (χ3v) is 5.51. The average molecular weight is 252 g/mol. The number of rotatable bonds is 4. The quantitative estimate of drug-likeness (QED) is 0.828. The first-order valence-corrected chi connectivity index (χ1v) is 7.74. The average Bonchev–Trinajstić information content (AvgIpc) is 2.94. The molecule has 0 aromatic rings. The van der Waals surface area contributed by atoms with Crippen molar-refractivity contribution in [3.8, 4) is 0 Å². The summed E-state index contributed by atoms with van der Waals surface area (Å²) >= 11 is 0. The predicted octanol–water partition coefficient (Wildman–Crippen LogP) is 1.72. The summed E-state index contributed by atoms with van der Waals surface area (Å²) in [6, 6.07) is 0.348. The molecular weight excluding hydrogens is 224 g/mol. The van der Waals surface area contributed by atoms with Gasteiger partial charge in [0.15, 0.2) is 0 Å². The highest BCUT2D eigenvalue weighted by Crippen LogP contribution is 2.48. The van der Waals surface area contributed by atoms with Crippen molar-refractivity contribution in [2.45, 2.75) is 38.1 Å². The van der Waals surface area contributed by atoms with Crippen LogP contribution >= 0.6 is 0 Å². The van der Waals surface area contributed by atoms with Gasteiger partial charge in [-0.2, -0.15) is 0 Å². The molecule has 3 aliphatic rings. The SMILES string of the molecule is CN(CC1COCCC1N)CC1CC2CCC1C2. The molecule has 2 N–H and O–H groups in total. The number of hydrogen-bond acceptors (Lipinski definition) is 3. The van der Waals surface area contributed by atoms with Gasteiger partial charge in [-0.3, -0.25) is 0 Å².